The second-order valence-electron chi connectivity index (χ2n) is 4.77. The van der Waals surface area contributed by atoms with Gasteiger partial charge >= 0.3 is 5.69 Å². The molecule has 1 aromatic carbocycles. The number of anilines is 1. The van der Waals surface area contributed by atoms with E-state index in [2.05, 4.69) is 5.32 Å². The van der Waals surface area contributed by atoms with Crippen LogP contribution in [0.3, 0.4) is 0 Å². The Morgan fingerprint density at radius 3 is 2.50 bits per heavy atom. The summed E-state index contributed by atoms with van der Waals surface area (Å²) in [6, 6.07) is 0.102. The summed E-state index contributed by atoms with van der Waals surface area (Å²) in [5.41, 5.74) is 4.21. The Balaban J connectivity index is 2.95. The standard InChI is InChI=1S/C12H15F2N3O3/c1-6(2)3-9(15)12(18)16-10-5-11(17(19)20)8(14)4-7(10)13/h4-6,9H,3,15H2,1-2H3,(H,16,18)/t9-/m0/s1. The van der Waals surface area contributed by atoms with Gasteiger partial charge in [-0.3, -0.25) is 14.9 Å². The number of nitro benzene ring substituents is 1. The van der Waals surface area contributed by atoms with Crippen LogP contribution in [0.1, 0.15) is 20.3 Å². The molecule has 110 valence electrons. The number of hydrogen-bond donors (Lipinski definition) is 2. The van der Waals surface area contributed by atoms with E-state index in [1.54, 1.807) is 0 Å². The summed E-state index contributed by atoms with van der Waals surface area (Å²) in [7, 11) is 0. The van der Waals surface area contributed by atoms with E-state index in [-0.39, 0.29) is 5.92 Å². The van der Waals surface area contributed by atoms with Crippen LogP contribution in [-0.2, 0) is 4.79 Å². The van der Waals surface area contributed by atoms with Gasteiger partial charge in [-0.25, -0.2) is 4.39 Å². The van der Waals surface area contributed by atoms with Gasteiger partial charge < -0.3 is 11.1 Å². The summed E-state index contributed by atoms with van der Waals surface area (Å²) in [4.78, 5) is 21.3. The number of nitro groups is 1. The van der Waals surface area contributed by atoms with E-state index in [0.29, 0.717) is 18.6 Å². The summed E-state index contributed by atoms with van der Waals surface area (Å²) in [5.74, 6) is -2.93. The van der Waals surface area contributed by atoms with Gasteiger partial charge in [0.2, 0.25) is 11.7 Å². The van der Waals surface area contributed by atoms with E-state index >= 15 is 0 Å². The molecule has 3 N–H and O–H groups in total. The fourth-order valence-corrected chi connectivity index (χ4v) is 1.61. The zero-order chi connectivity index (χ0) is 15.4. The smallest absolute Gasteiger partial charge is 0.307 e. The SMILES string of the molecule is CC(C)C[C@H](N)C(=O)Nc1cc([N+](=O)[O-])c(F)cc1F. The van der Waals surface area contributed by atoms with Crippen LogP contribution in [0.25, 0.3) is 0 Å². The number of amides is 1. The van der Waals surface area contributed by atoms with Gasteiger partial charge in [0.05, 0.1) is 16.7 Å². The lowest BCUT2D eigenvalue weighted by Gasteiger charge is -2.14. The third-order valence-corrected chi connectivity index (χ3v) is 2.55. The summed E-state index contributed by atoms with van der Waals surface area (Å²) in [5, 5.41) is 12.7. The van der Waals surface area contributed by atoms with Gasteiger partial charge in [-0.2, -0.15) is 4.39 Å². The predicted molar refractivity (Wildman–Crippen MR) is 69.1 cm³/mol. The molecule has 0 unspecified atom stereocenters. The Bertz CT molecular complexity index is 535. The number of nitrogens with one attached hydrogen (secondary N) is 1. The van der Waals surface area contributed by atoms with Crippen LogP contribution in [0, 0.1) is 27.7 Å². The fraction of sp³-hybridized carbons (Fsp3) is 0.417. The minimum absolute atomic E-state index is 0.156. The van der Waals surface area contributed by atoms with Crippen molar-refractivity contribution in [2.45, 2.75) is 26.3 Å². The normalized spacial score (nSPS) is 12.3. The lowest BCUT2D eigenvalue weighted by atomic mass is 10.0. The van der Waals surface area contributed by atoms with Gasteiger partial charge in [0.1, 0.15) is 5.82 Å². The van der Waals surface area contributed by atoms with Crippen LogP contribution >= 0.6 is 0 Å². The third kappa shape index (κ3) is 3.95. The summed E-state index contributed by atoms with van der Waals surface area (Å²) < 4.78 is 26.6. The van der Waals surface area contributed by atoms with Crippen molar-refractivity contribution in [2.24, 2.45) is 11.7 Å². The molecule has 8 heteroatoms. The molecule has 0 aliphatic rings. The quantitative estimate of drug-likeness (QED) is 0.640. The van der Waals surface area contributed by atoms with Crippen LogP contribution < -0.4 is 11.1 Å². The van der Waals surface area contributed by atoms with E-state index in [4.69, 9.17) is 5.73 Å². The lowest BCUT2D eigenvalue weighted by Crippen LogP contribution is -2.36. The summed E-state index contributed by atoms with van der Waals surface area (Å²) >= 11 is 0. The number of nitrogens with two attached hydrogens (primary N) is 1. The van der Waals surface area contributed by atoms with E-state index in [9.17, 15) is 23.7 Å². The molecular weight excluding hydrogens is 272 g/mol. The topological polar surface area (TPSA) is 98.3 Å². The van der Waals surface area contributed by atoms with E-state index < -0.39 is 39.9 Å². The second-order valence-corrected chi connectivity index (χ2v) is 4.77. The van der Waals surface area contributed by atoms with Crippen LogP contribution in [-0.4, -0.2) is 16.9 Å². The highest BCUT2D eigenvalue weighted by molar-refractivity contribution is 5.95. The van der Waals surface area contributed by atoms with E-state index in [0.717, 1.165) is 0 Å². The van der Waals surface area contributed by atoms with Crippen molar-refractivity contribution >= 4 is 17.3 Å². The molecule has 0 aromatic heterocycles. The summed E-state index contributed by atoms with van der Waals surface area (Å²) in [6.45, 7) is 3.72. The van der Waals surface area contributed by atoms with Gasteiger partial charge in [0, 0.05) is 12.1 Å². The average Bonchev–Trinajstić information content (AvgIpc) is 2.30. The van der Waals surface area contributed by atoms with Gasteiger partial charge in [-0.15, -0.1) is 0 Å². The van der Waals surface area contributed by atoms with E-state index in [1.165, 1.54) is 0 Å². The Labute approximate surface area is 114 Å². The number of benzene rings is 1. The van der Waals surface area contributed by atoms with Crippen LogP contribution in [0.5, 0.6) is 0 Å². The third-order valence-electron chi connectivity index (χ3n) is 2.55. The Morgan fingerprint density at radius 1 is 1.40 bits per heavy atom. The highest BCUT2D eigenvalue weighted by atomic mass is 19.1. The molecule has 0 aliphatic carbocycles. The average molecular weight is 287 g/mol. The van der Waals surface area contributed by atoms with Crippen molar-refractivity contribution in [3.8, 4) is 0 Å². The first-order chi connectivity index (χ1) is 9.22. The highest BCUT2D eigenvalue weighted by Gasteiger charge is 2.21. The molecule has 0 spiro atoms. The van der Waals surface area contributed by atoms with Crippen molar-refractivity contribution < 1.29 is 18.5 Å². The van der Waals surface area contributed by atoms with Gasteiger partial charge in [-0.1, -0.05) is 13.8 Å². The second kappa shape index (κ2) is 6.38. The monoisotopic (exact) mass is 287 g/mol. The van der Waals surface area contributed by atoms with Gasteiger partial charge in [0.25, 0.3) is 0 Å². The Hall–Kier alpha value is -2.09. The maximum atomic E-state index is 13.5. The molecule has 1 amide bonds. The number of rotatable bonds is 5. The molecule has 0 fully saturated rings. The van der Waals surface area contributed by atoms with E-state index in [1.807, 2.05) is 13.8 Å². The number of carbonyl (C=O) groups is 1. The van der Waals surface area contributed by atoms with Crippen LogP contribution in [0.15, 0.2) is 12.1 Å². The number of carbonyl (C=O) groups excluding carboxylic acids is 1. The molecule has 20 heavy (non-hydrogen) atoms. The molecule has 0 heterocycles. The van der Waals surface area contributed by atoms with Crippen molar-refractivity contribution in [3.05, 3.63) is 33.9 Å². The van der Waals surface area contributed by atoms with Gasteiger partial charge in [0.15, 0.2) is 0 Å². The first-order valence-electron chi connectivity index (χ1n) is 5.92. The van der Waals surface area contributed by atoms with Crippen molar-refractivity contribution in [2.75, 3.05) is 5.32 Å². The molecule has 0 saturated carbocycles. The van der Waals surface area contributed by atoms with Crippen molar-refractivity contribution in [3.63, 3.8) is 0 Å². The number of nitrogens with zero attached hydrogens (tertiary/aromatic N) is 1. The zero-order valence-corrected chi connectivity index (χ0v) is 11.0. The van der Waals surface area contributed by atoms with Crippen molar-refractivity contribution in [1.82, 2.24) is 0 Å². The molecular formula is C12H15F2N3O3. The summed E-state index contributed by atoms with van der Waals surface area (Å²) in [6.07, 6.45) is 0.372. The maximum Gasteiger partial charge on any atom is 0.307 e. The maximum absolute atomic E-state index is 13.5. The molecule has 0 saturated heterocycles. The lowest BCUT2D eigenvalue weighted by molar-refractivity contribution is -0.387. The molecule has 0 aliphatic heterocycles. The van der Waals surface area contributed by atoms with Gasteiger partial charge in [-0.05, 0) is 12.3 Å². The Morgan fingerprint density at radius 2 is 2.00 bits per heavy atom. The predicted octanol–water partition coefficient (Wildman–Crippen LogP) is 2.18. The molecule has 6 nitrogen and oxygen atoms in total. The fourth-order valence-electron chi connectivity index (χ4n) is 1.61. The van der Waals surface area contributed by atoms with Crippen LogP contribution in [0.2, 0.25) is 0 Å². The van der Waals surface area contributed by atoms with Crippen molar-refractivity contribution in [1.29, 1.82) is 0 Å². The molecule has 1 atom stereocenters. The molecule has 0 bridgehead atoms. The van der Waals surface area contributed by atoms with Crippen LogP contribution in [0.4, 0.5) is 20.2 Å². The molecule has 0 radical (unpaired) electrons. The minimum atomic E-state index is -1.31. The molecule has 1 aromatic rings. The number of halogens is 2. The first-order valence-corrected chi connectivity index (χ1v) is 5.92. The first kappa shape index (κ1) is 16.0. The highest BCUT2D eigenvalue weighted by Crippen LogP contribution is 2.25. The minimum Gasteiger partial charge on any atom is -0.322 e. The molecule has 1 rings (SSSR count). The number of hydrogen-bond acceptors (Lipinski definition) is 4. The zero-order valence-electron chi connectivity index (χ0n) is 11.0. The Kier molecular flexibility index (Phi) is 5.09. The largest absolute Gasteiger partial charge is 0.322 e.